The molecule has 110 valence electrons. The Morgan fingerprint density at radius 1 is 1.40 bits per heavy atom. The average molecular weight is 280 g/mol. The molecular formula is C14H20N2O4. The number of ether oxygens (including phenoxy) is 3. The molecule has 20 heavy (non-hydrogen) atoms. The second-order valence-electron chi connectivity index (χ2n) is 4.92. The molecular weight excluding hydrogens is 260 g/mol. The van der Waals surface area contributed by atoms with Gasteiger partial charge in [0, 0.05) is 17.7 Å². The largest absolute Gasteiger partial charge is 0.496 e. The van der Waals surface area contributed by atoms with Crippen LogP contribution in [-0.4, -0.2) is 31.9 Å². The van der Waals surface area contributed by atoms with Crippen LogP contribution in [0.1, 0.15) is 19.4 Å². The number of hydrogen-bond donors (Lipinski definition) is 2. The van der Waals surface area contributed by atoms with Crippen molar-refractivity contribution in [2.75, 3.05) is 13.9 Å². The van der Waals surface area contributed by atoms with E-state index in [1.807, 2.05) is 13.0 Å². The third-order valence-corrected chi connectivity index (χ3v) is 3.10. The van der Waals surface area contributed by atoms with Crippen LogP contribution in [0, 0.1) is 0 Å². The first-order valence-electron chi connectivity index (χ1n) is 6.53. The fourth-order valence-electron chi connectivity index (χ4n) is 2.07. The Hall–Kier alpha value is -1.95. The standard InChI is InChI=1S/C14H20N2O4/c1-8(16-14(17)9(2)15)4-10-5-12-13(20-7-19-12)6-11(10)18-3/h5-6,8-9H,4,7,15H2,1-3H3,(H,16,17). The molecule has 0 bridgehead atoms. The summed E-state index contributed by atoms with van der Waals surface area (Å²) in [6, 6.07) is 3.12. The SMILES string of the molecule is COc1cc2c(cc1CC(C)NC(=O)C(C)N)OCO2. The van der Waals surface area contributed by atoms with E-state index in [0.717, 1.165) is 11.3 Å². The third-order valence-electron chi connectivity index (χ3n) is 3.10. The molecule has 6 nitrogen and oxygen atoms in total. The molecule has 0 aliphatic carbocycles. The zero-order valence-corrected chi connectivity index (χ0v) is 11.9. The molecule has 0 saturated heterocycles. The molecule has 6 heteroatoms. The van der Waals surface area contributed by atoms with E-state index in [-0.39, 0.29) is 18.7 Å². The van der Waals surface area contributed by atoms with Gasteiger partial charge in [-0.3, -0.25) is 4.79 Å². The van der Waals surface area contributed by atoms with E-state index in [1.165, 1.54) is 0 Å². The smallest absolute Gasteiger partial charge is 0.236 e. The maximum atomic E-state index is 11.6. The van der Waals surface area contributed by atoms with E-state index in [9.17, 15) is 4.79 Å². The molecule has 2 rings (SSSR count). The number of carbonyl (C=O) groups excluding carboxylic acids is 1. The van der Waals surface area contributed by atoms with Crippen molar-refractivity contribution in [3.63, 3.8) is 0 Å². The lowest BCUT2D eigenvalue weighted by molar-refractivity contribution is -0.122. The average Bonchev–Trinajstić information content (AvgIpc) is 2.84. The number of carbonyl (C=O) groups is 1. The topological polar surface area (TPSA) is 82.8 Å². The molecule has 1 amide bonds. The number of nitrogens with two attached hydrogens (primary N) is 1. The molecule has 0 spiro atoms. The first-order valence-corrected chi connectivity index (χ1v) is 6.53. The molecule has 2 unspecified atom stereocenters. The highest BCUT2D eigenvalue weighted by molar-refractivity contribution is 5.81. The lowest BCUT2D eigenvalue weighted by Gasteiger charge is -2.17. The quantitative estimate of drug-likeness (QED) is 0.834. The number of fused-ring (bicyclic) bond motifs is 1. The number of methoxy groups -OCH3 is 1. The van der Waals surface area contributed by atoms with Gasteiger partial charge in [-0.25, -0.2) is 0 Å². The van der Waals surface area contributed by atoms with Crippen molar-refractivity contribution in [1.29, 1.82) is 0 Å². The molecule has 0 radical (unpaired) electrons. The van der Waals surface area contributed by atoms with Crippen LogP contribution in [-0.2, 0) is 11.2 Å². The molecule has 1 aromatic carbocycles. The van der Waals surface area contributed by atoms with E-state index in [2.05, 4.69) is 5.32 Å². The summed E-state index contributed by atoms with van der Waals surface area (Å²) in [4.78, 5) is 11.6. The molecule has 1 heterocycles. The summed E-state index contributed by atoms with van der Waals surface area (Å²) in [5.74, 6) is 1.93. The summed E-state index contributed by atoms with van der Waals surface area (Å²) >= 11 is 0. The van der Waals surface area contributed by atoms with E-state index < -0.39 is 6.04 Å². The minimum absolute atomic E-state index is 0.0530. The van der Waals surface area contributed by atoms with Crippen molar-refractivity contribution in [1.82, 2.24) is 5.32 Å². The third kappa shape index (κ3) is 3.14. The summed E-state index contributed by atoms with van der Waals surface area (Å²) in [6.45, 7) is 3.80. The Labute approximate surface area is 118 Å². The van der Waals surface area contributed by atoms with E-state index >= 15 is 0 Å². The Morgan fingerprint density at radius 2 is 2.05 bits per heavy atom. The Morgan fingerprint density at radius 3 is 2.65 bits per heavy atom. The van der Waals surface area contributed by atoms with Gasteiger partial charge in [-0.15, -0.1) is 0 Å². The first-order chi connectivity index (χ1) is 9.51. The maximum Gasteiger partial charge on any atom is 0.236 e. The van der Waals surface area contributed by atoms with Crippen molar-refractivity contribution in [3.8, 4) is 17.2 Å². The lowest BCUT2D eigenvalue weighted by Crippen LogP contribution is -2.43. The van der Waals surface area contributed by atoms with Gasteiger partial charge in [0.15, 0.2) is 11.5 Å². The molecule has 1 aliphatic rings. The first kappa shape index (κ1) is 14.5. The van der Waals surface area contributed by atoms with Crippen molar-refractivity contribution >= 4 is 5.91 Å². The van der Waals surface area contributed by atoms with Crippen LogP contribution in [0.3, 0.4) is 0 Å². The molecule has 1 aromatic rings. The highest BCUT2D eigenvalue weighted by Crippen LogP contribution is 2.38. The second-order valence-corrected chi connectivity index (χ2v) is 4.92. The van der Waals surface area contributed by atoms with Crippen molar-refractivity contribution < 1.29 is 19.0 Å². The van der Waals surface area contributed by atoms with Gasteiger partial charge >= 0.3 is 0 Å². The zero-order chi connectivity index (χ0) is 14.7. The second kappa shape index (κ2) is 6.00. The van der Waals surface area contributed by atoms with Crippen LogP contribution in [0.2, 0.25) is 0 Å². The summed E-state index contributed by atoms with van der Waals surface area (Å²) in [5, 5.41) is 2.86. The number of hydrogen-bond acceptors (Lipinski definition) is 5. The highest BCUT2D eigenvalue weighted by atomic mass is 16.7. The molecule has 3 N–H and O–H groups in total. The van der Waals surface area contributed by atoms with Gasteiger partial charge in [-0.1, -0.05) is 0 Å². The summed E-state index contributed by atoms with van der Waals surface area (Å²) in [5.41, 5.74) is 6.49. The number of amides is 1. The van der Waals surface area contributed by atoms with E-state index in [1.54, 1.807) is 20.1 Å². The molecule has 0 fully saturated rings. The molecule has 0 aromatic heterocycles. The van der Waals surface area contributed by atoms with Crippen LogP contribution >= 0.6 is 0 Å². The minimum Gasteiger partial charge on any atom is -0.496 e. The fraction of sp³-hybridized carbons (Fsp3) is 0.500. The van der Waals surface area contributed by atoms with Crippen LogP contribution < -0.4 is 25.3 Å². The van der Waals surface area contributed by atoms with E-state index in [0.29, 0.717) is 17.9 Å². The van der Waals surface area contributed by atoms with Crippen LogP contribution in [0.15, 0.2) is 12.1 Å². The van der Waals surface area contributed by atoms with Gasteiger partial charge in [0.05, 0.1) is 13.2 Å². The highest BCUT2D eigenvalue weighted by Gasteiger charge is 2.20. The van der Waals surface area contributed by atoms with Gasteiger partial charge in [0.1, 0.15) is 5.75 Å². The summed E-state index contributed by atoms with van der Waals surface area (Å²) in [7, 11) is 1.60. The number of rotatable bonds is 5. The maximum absolute atomic E-state index is 11.6. The minimum atomic E-state index is -0.518. The normalized spacial score (nSPS) is 15.6. The monoisotopic (exact) mass is 280 g/mol. The van der Waals surface area contributed by atoms with Crippen LogP contribution in [0.25, 0.3) is 0 Å². The van der Waals surface area contributed by atoms with Crippen molar-refractivity contribution in [2.45, 2.75) is 32.4 Å². The van der Waals surface area contributed by atoms with Crippen LogP contribution in [0.4, 0.5) is 0 Å². The summed E-state index contributed by atoms with van der Waals surface area (Å²) < 4.78 is 16.0. The van der Waals surface area contributed by atoms with Crippen molar-refractivity contribution in [3.05, 3.63) is 17.7 Å². The van der Waals surface area contributed by atoms with Gasteiger partial charge in [0.25, 0.3) is 0 Å². The van der Waals surface area contributed by atoms with Gasteiger partial charge in [0.2, 0.25) is 12.7 Å². The number of nitrogens with one attached hydrogen (secondary N) is 1. The molecule has 0 saturated carbocycles. The Kier molecular flexibility index (Phi) is 4.34. The zero-order valence-electron chi connectivity index (χ0n) is 11.9. The lowest BCUT2D eigenvalue weighted by atomic mass is 10.0. The van der Waals surface area contributed by atoms with E-state index in [4.69, 9.17) is 19.9 Å². The molecule has 1 aliphatic heterocycles. The fourth-order valence-corrected chi connectivity index (χ4v) is 2.07. The predicted molar refractivity (Wildman–Crippen MR) is 74.1 cm³/mol. The van der Waals surface area contributed by atoms with Crippen LogP contribution in [0.5, 0.6) is 17.2 Å². The summed E-state index contributed by atoms with van der Waals surface area (Å²) in [6.07, 6.45) is 0.623. The Balaban J connectivity index is 2.10. The molecule has 2 atom stereocenters. The number of benzene rings is 1. The van der Waals surface area contributed by atoms with Gasteiger partial charge in [-0.05, 0) is 26.3 Å². The predicted octanol–water partition coefficient (Wildman–Crippen LogP) is 0.818. The van der Waals surface area contributed by atoms with Crippen molar-refractivity contribution in [2.24, 2.45) is 5.73 Å². The Bertz CT molecular complexity index is 502. The van der Waals surface area contributed by atoms with Gasteiger partial charge in [-0.2, -0.15) is 0 Å². The van der Waals surface area contributed by atoms with Gasteiger partial charge < -0.3 is 25.3 Å².